The number of carbonyl (C=O) groups excluding carboxylic acids is 2. The van der Waals surface area contributed by atoms with E-state index in [-0.39, 0.29) is 6.61 Å². The van der Waals surface area contributed by atoms with Gasteiger partial charge in [0.15, 0.2) is 5.66 Å². The van der Waals surface area contributed by atoms with E-state index >= 15 is 0 Å². The maximum Gasteiger partial charge on any atom is 0.340 e. The number of hydrogen-bond acceptors (Lipinski definition) is 7. The molecule has 0 aliphatic carbocycles. The van der Waals surface area contributed by atoms with Gasteiger partial charge in [-0.25, -0.2) is 9.59 Å². The van der Waals surface area contributed by atoms with E-state index in [1.165, 1.54) is 7.11 Å². The SMILES string of the molecule is CCOC(=O)C1=CN(c2ccccc2)C(=C(C)C(=O)OC)C12N(Cc1ccc(Br)cc1)c1ccccc1N2Cc1ccc(Br)cc1. The first-order chi connectivity index (χ1) is 22.3. The van der Waals surface area contributed by atoms with Crippen LogP contribution in [-0.4, -0.2) is 31.3 Å². The Balaban J connectivity index is 1.70. The summed E-state index contributed by atoms with van der Waals surface area (Å²) in [6.45, 7) is 4.61. The first kappa shape index (κ1) is 31.6. The van der Waals surface area contributed by atoms with Crippen LogP contribution in [0.1, 0.15) is 25.0 Å². The molecule has 234 valence electrons. The van der Waals surface area contributed by atoms with Crippen LogP contribution in [0.3, 0.4) is 0 Å². The predicted molar refractivity (Wildman–Crippen MR) is 188 cm³/mol. The van der Waals surface area contributed by atoms with Crippen molar-refractivity contribution in [3.05, 3.63) is 146 Å². The highest BCUT2D eigenvalue weighted by Gasteiger charge is 2.62. The van der Waals surface area contributed by atoms with Crippen LogP contribution in [0.5, 0.6) is 0 Å². The lowest BCUT2D eigenvalue weighted by atomic mass is 9.91. The number of benzene rings is 4. The Morgan fingerprint density at radius 2 is 1.24 bits per heavy atom. The fourth-order valence-corrected chi connectivity index (χ4v) is 6.90. The molecule has 0 fully saturated rings. The van der Waals surface area contributed by atoms with Gasteiger partial charge in [-0.05, 0) is 73.5 Å². The number of rotatable bonds is 8. The van der Waals surface area contributed by atoms with Gasteiger partial charge in [0.1, 0.15) is 5.57 Å². The normalized spacial score (nSPS) is 15.9. The van der Waals surface area contributed by atoms with Crippen molar-refractivity contribution in [3.63, 3.8) is 0 Å². The van der Waals surface area contributed by atoms with Crippen molar-refractivity contribution in [2.45, 2.75) is 32.6 Å². The Kier molecular flexibility index (Phi) is 9.06. The summed E-state index contributed by atoms with van der Waals surface area (Å²) in [4.78, 5) is 34.3. The standard InChI is InChI=1S/C37H33Br2N3O4/c1-4-46-36(44)31-24-40(30-10-6-5-7-11-30)34(25(2)35(43)45-3)37(31)41(22-26-14-18-28(38)19-15-26)32-12-8-9-13-33(32)42(37)23-27-16-20-29(39)21-17-27/h5-21,24H,4,22-23H2,1-3H3. The predicted octanol–water partition coefficient (Wildman–Crippen LogP) is 8.35. The second-order valence-electron chi connectivity index (χ2n) is 11.0. The number of nitrogens with zero attached hydrogens (tertiary/aromatic N) is 3. The molecule has 2 heterocycles. The smallest absolute Gasteiger partial charge is 0.340 e. The number of esters is 2. The van der Waals surface area contributed by atoms with Crippen molar-refractivity contribution in [1.82, 2.24) is 0 Å². The van der Waals surface area contributed by atoms with E-state index in [1.54, 1.807) is 13.8 Å². The molecular weight excluding hydrogens is 710 g/mol. The lowest BCUT2D eigenvalue weighted by Gasteiger charge is -2.46. The van der Waals surface area contributed by atoms with Crippen molar-refractivity contribution in [2.24, 2.45) is 0 Å². The largest absolute Gasteiger partial charge is 0.466 e. The molecule has 0 aromatic heterocycles. The van der Waals surface area contributed by atoms with E-state index in [2.05, 4.69) is 78.1 Å². The van der Waals surface area contributed by atoms with Gasteiger partial charge in [0, 0.05) is 33.9 Å². The van der Waals surface area contributed by atoms with Crippen LogP contribution < -0.4 is 14.7 Å². The number of methoxy groups -OCH3 is 1. The molecule has 7 nitrogen and oxygen atoms in total. The molecule has 0 saturated heterocycles. The molecule has 0 bridgehead atoms. The van der Waals surface area contributed by atoms with Gasteiger partial charge in [-0.1, -0.05) is 86.5 Å². The molecule has 0 radical (unpaired) electrons. The van der Waals surface area contributed by atoms with E-state index in [0.29, 0.717) is 29.9 Å². The molecule has 0 saturated carbocycles. The minimum absolute atomic E-state index is 0.193. The Hall–Kier alpha value is -4.34. The third-order valence-electron chi connectivity index (χ3n) is 8.33. The summed E-state index contributed by atoms with van der Waals surface area (Å²) in [5, 5.41) is 0. The van der Waals surface area contributed by atoms with Crippen LogP contribution in [0, 0.1) is 0 Å². The molecule has 9 heteroatoms. The fourth-order valence-electron chi connectivity index (χ4n) is 6.37. The minimum Gasteiger partial charge on any atom is -0.466 e. The zero-order valence-corrected chi connectivity index (χ0v) is 28.9. The molecule has 6 rings (SSSR count). The molecule has 46 heavy (non-hydrogen) atoms. The number of para-hydroxylation sites is 3. The topological polar surface area (TPSA) is 62.3 Å². The van der Waals surface area contributed by atoms with Crippen molar-refractivity contribution in [3.8, 4) is 0 Å². The Morgan fingerprint density at radius 3 is 1.72 bits per heavy atom. The van der Waals surface area contributed by atoms with Gasteiger partial charge in [-0.15, -0.1) is 0 Å². The van der Waals surface area contributed by atoms with E-state index in [0.717, 1.165) is 37.1 Å². The second kappa shape index (κ2) is 13.2. The van der Waals surface area contributed by atoms with Crippen LogP contribution in [0.15, 0.2) is 135 Å². The molecule has 0 atom stereocenters. The van der Waals surface area contributed by atoms with Crippen LogP contribution >= 0.6 is 31.9 Å². The quantitative estimate of drug-likeness (QED) is 0.133. The number of ether oxygens (including phenoxy) is 2. The average Bonchev–Trinajstić information content (AvgIpc) is 3.56. The molecule has 4 aromatic carbocycles. The van der Waals surface area contributed by atoms with Crippen LogP contribution in [0.4, 0.5) is 17.1 Å². The molecule has 2 aliphatic heterocycles. The molecule has 0 unspecified atom stereocenters. The van der Waals surface area contributed by atoms with E-state index in [4.69, 9.17) is 9.47 Å². The number of fused-ring (bicyclic) bond motifs is 1. The monoisotopic (exact) mass is 741 g/mol. The number of anilines is 3. The Bertz CT molecular complexity index is 1750. The summed E-state index contributed by atoms with van der Waals surface area (Å²) in [5.41, 5.74) is 4.74. The molecule has 4 aromatic rings. The Morgan fingerprint density at radius 1 is 0.739 bits per heavy atom. The van der Waals surface area contributed by atoms with Crippen molar-refractivity contribution in [1.29, 1.82) is 0 Å². The summed E-state index contributed by atoms with van der Waals surface area (Å²) in [6, 6.07) is 34.1. The van der Waals surface area contributed by atoms with Gasteiger partial charge in [0.2, 0.25) is 0 Å². The molecule has 1 spiro atoms. The molecule has 0 N–H and O–H groups in total. The Labute approximate surface area is 286 Å². The average molecular weight is 743 g/mol. The van der Waals surface area contributed by atoms with Gasteiger partial charge in [-0.3, -0.25) is 0 Å². The van der Waals surface area contributed by atoms with E-state index < -0.39 is 17.6 Å². The second-order valence-corrected chi connectivity index (χ2v) is 12.9. The van der Waals surface area contributed by atoms with Gasteiger partial charge >= 0.3 is 11.9 Å². The number of halogens is 2. The van der Waals surface area contributed by atoms with Gasteiger partial charge in [-0.2, -0.15) is 0 Å². The molecular formula is C37H33Br2N3O4. The van der Waals surface area contributed by atoms with Crippen LogP contribution in [0.25, 0.3) is 0 Å². The van der Waals surface area contributed by atoms with Gasteiger partial charge < -0.3 is 24.2 Å². The van der Waals surface area contributed by atoms with Crippen LogP contribution in [0.2, 0.25) is 0 Å². The summed E-state index contributed by atoms with van der Waals surface area (Å²) < 4.78 is 13.1. The summed E-state index contributed by atoms with van der Waals surface area (Å²) >= 11 is 7.13. The lowest BCUT2D eigenvalue weighted by molar-refractivity contribution is -0.139. The van der Waals surface area contributed by atoms with Crippen molar-refractivity contribution in [2.75, 3.05) is 28.4 Å². The third kappa shape index (κ3) is 5.52. The first-order valence-electron chi connectivity index (χ1n) is 15.0. The molecule has 2 aliphatic rings. The zero-order chi connectivity index (χ0) is 32.4. The van der Waals surface area contributed by atoms with Gasteiger partial charge in [0.25, 0.3) is 0 Å². The maximum atomic E-state index is 14.3. The van der Waals surface area contributed by atoms with Gasteiger partial charge in [0.05, 0.1) is 36.4 Å². The highest BCUT2D eigenvalue weighted by molar-refractivity contribution is 9.10. The number of carbonyl (C=O) groups is 2. The van der Waals surface area contributed by atoms with Crippen molar-refractivity contribution >= 4 is 60.9 Å². The maximum absolute atomic E-state index is 14.3. The first-order valence-corrected chi connectivity index (χ1v) is 16.5. The fraction of sp³-hybridized carbons (Fsp3) is 0.189. The van der Waals surface area contributed by atoms with Crippen LogP contribution in [-0.2, 0) is 32.2 Å². The van der Waals surface area contributed by atoms with Crippen molar-refractivity contribution < 1.29 is 19.1 Å². The lowest BCUT2D eigenvalue weighted by Crippen LogP contribution is -2.61. The summed E-state index contributed by atoms with van der Waals surface area (Å²) in [7, 11) is 1.38. The zero-order valence-electron chi connectivity index (χ0n) is 25.7. The highest BCUT2D eigenvalue weighted by Crippen LogP contribution is 2.57. The third-order valence-corrected chi connectivity index (χ3v) is 9.39. The van der Waals surface area contributed by atoms with E-state index in [1.807, 2.05) is 77.8 Å². The number of hydrogen-bond donors (Lipinski definition) is 0. The summed E-state index contributed by atoms with van der Waals surface area (Å²) in [6.07, 6.45) is 1.82. The summed E-state index contributed by atoms with van der Waals surface area (Å²) in [5.74, 6) is -0.956. The van der Waals surface area contributed by atoms with E-state index in [9.17, 15) is 9.59 Å². The highest BCUT2D eigenvalue weighted by atomic mass is 79.9. The minimum atomic E-state index is -1.30. The molecule has 0 amide bonds.